The van der Waals surface area contributed by atoms with E-state index in [9.17, 15) is 19.7 Å². The number of hydrogen-bond donors (Lipinski definition) is 1. The third-order valence-corrected chi connectivity index (χ3v) is 4.26. The highest BCUT2D eigenvalue weighted by Gasteiger charge is 2.13. The minimum atomic E-state index is -0.693. The summed E-state index contributed by atoms with van der Waals surface area (Å²) >= 11 is 5.79. The molecule has 162 valence electrons. The molecule has 1 amide bonds. The average molecular weight is 454 g/mol. The summed E-state index contributed by atoms with van der Waals surface area (Å²) < 4.78 is 10.7. The monoisotopic (exact) mass is 453 g/mol. The van der Waals surface area contributed by atoms with Gasteiger partial charge in [-0.3, -0.25) is 14.9 Å². The zero-order valence-electron chi connectivity index (χ0n) is 16.4. The Morgan fingerprint density at radius 3 is 2.41 bits per heavy atom. The van der Waals surface area contributed by atoms with E-state index in [4.69, 9.17) is 21.1 Å². The van der Waals surface area contributed by atoms with Crippen molar-refractivity contribution in [1.29, 1.82) is 0 Å². The Bertz CT molecular complexity index is 1150. The van der Waals surface area contributed by atoms with Crippen LogP contribution >= 0.6 is 11.6 Å². The SMILES string of the molecule is O=C(COc1ccc(Cl)cc1)NN=Cc1ccccc1OC(=O)c1ccc([N+](=O)[O-])cc1. The molecule has 0 unspecified atom stereocenters. The Morgan fingerprint density at radius 2 is 1.72 bits per heavy atom. The smallest absolute Gasteiger partial charge is 0.343 e. The fourth-order valence-electron chi connectivity index (χ4n) is 2.44. The van der Waals surface area contributed by atoms with Crippen molar-refractivity contribution in [1.82, 2.24) is 5.43 Å². The van der Waals surface area contributed by atoms with Gasteiger partial charge in [-0.15, -0.1) is 0 Å². The number of nitro benzene ring substituents is 1. The van der Waals surface area contributed by atoms with Gasteiger partial charge in [-0.05, 0) is 48.5 Å². The zero-order valence-corrected chi connectivity index (χ0v) is 17.2. The number of ether oxygens (including phenoxy) is 2. The van der Waals surface area contributed by atoms with E-state index >= 15 is 0 Å². The van der Waals surface area contributed by atoms with Crippen molar-refractivity contribution >= 4 is 35.4 Å². The molecule has 0 bridgehead atoms. The van der Waals surface area contributed by atoms with Crippen LogP contribution in [0.15, 0.2) is 77.9 Å². The fraction of sp³-hybridized carbons (Fsp3) is 0.0455. The number of nitro groups is 1. The topological polar surface area (TPSA) is 120 Å². The largest absolute Gasteiger partial charge is 0.484 e. The standard InChI is InChI=1S/C22H16ClN3O6/c23-17-7-11-19(12-8-17)31-14-21(27)25-24-13-16-3-1-2-4-20(16)32-22(28)15-5-9-18(10-6-15)26(29)30/h1-13H,14H2,(H,25,27). The predicted octanol–water partition coefficient (Wildman–Crippen LogP) is 4.00. The highest BCUT2D eigenvalue weighted by Crippen LogP contribution is 2.19. The quantitative estimate of drug-likeness (QED) is 0.181. The van der Waals surface area contributed by atoms with E-state index in [0.29, 0.717) is 16.3 Å². The molecule has 0 radical (unpaired) electrons. The molecule has 0 spiro atoms. The lowest BCUT2D eigenvalue weighted by Gasteiger charge is -2.07. The van der Waals surface area contributed by atoms with Crippen LogP contribution in [0, 0.1) is 10.1 Å². The lowest BCUT2D eigenvalue weighted by atomic mass is 10.2. The van der Waals surface area contributed by atoms with Crippen LogP contribution in [0.4, 0.5) is 5.69 Å². The molecular formula is C22H16ClN3O6. The van der Waals surface area contributed by atoms with Crippen LogP contribution in [-0.4, -0.2) is 29.6 Å². The third kappa shape index (κ3) is 6.38. The molecule has 0 saturated heterocycles. The van der Waals surface area contributed by atoms with Gasteiger partial charge >= 0.3 is 5.97 Å². The number of halogens is 1. The second-order valence-electron chi connectivity index (χ2n) is 6.27. The highest BCUT2D eigenvalue weighted by atomic mass is 35.5. The van der Waals surface area contributed by atoms with Crippen LogP contribution in [0.1, 0.15) is 15.9 Å². The van der Waals surface area contributed by atoms with Gasteiger partial charge in [-0.1, -0.05) is 23.7 Å². The number of para-hydroxylation sites is 1. The van der Waals surface area contributed by atoms with Gasteiger partial charge in [0.05, 0.1) is 16.7 Å². The molecule has 3 aromatic carbocycles. The Labute approximate surface area is 187 Å². The number of esters is 1. The number of amides is 1. The van der Waals surface area contributed by atoms with Gasteiger partial charge in [-0.2, -0.15) is 5.10 Å². The summed E-state index contributed by atoms with van der Waals surface area (Å²) in [5, 5.41) is 15.1. The Kier molecular flexibility index (Phi) is 7.50. The van der Waals surface area contributed by atoms with Gasteiger partial charge in [0.1, 0.15) is 11.5 Å². The maximum Gasteiger partial charge on any atom is 0.343 e. The van der Waals surface area contributed by atoms with Crippen molar-refractivity contribution in [3.8, 4) is 11.5 Å². The first-order chi connectivity index (χ1) is 15.4. The first-order valence-corrected chi connectivity index (χ1v) is 9.56. The average Bonchev–Trinajstić information content (AvgIpc) is 2.80. The molecule has 0 fully saturated rings. The first kappa shape index (κ1) is 22.4. The fourth-order valence-corrected chi connectivity index (χ4v) is 2.57. The van der Waals surface area contributed by atoms with Crippen molar-refractivity contribution in [3.05, 3.63) is 99.1 Å². The third-order valence-electron chi connectivity index (χ3n) is 4.01. The normalized spacial score (nSPS) is 10.5. The molecule has 0 atom stereocenters. The zero-order chi connectivity index (χ0) is 22.9. The van der Waals surface area contributed by atoms with Crippen LogP contribution in [0.5, 0.6) is 11.5 Å². The molecule has 0 heterocycles. The molecular weight excluding hydrogens is 438 g/mol. The molecule has 1 N–H and O–H groups in total. The summed E-state index contributed by atoms with van der Waals surface area (Å²) in [4.78, 5) is 34.4. The molecule has 0 saturated carbocycles. The van der Waals surface area contributed by atoms with Gasteiger partial charge in [0, 0.05) is 22.7 Å². The van der Waals surface area contributed by atoms with Crippen molar-refractivity contribution in [3.63, 3.8) is 0 Å². The van der Waals surface area contributed by atoms with Crippen LogP contribution in [0.3, 0.4) is 0 Å². The molecule has 3 rings (SSSR count). The second kappa shape index (κ2) is 10.7. The van der Waals surface area contributed by atoms with Gasteiger partial charge in [0.2, 0.25) is 0 Å². The van der Waals surface area contributed by atoms with E-state index in [1.54, 1.807) is 48.5 Å². The summed E-state index contributed by atoms with van der Waals surface area (Å²) in [6, 6.07) is 18.1. The van der Waals surface area contributed by atoms with Gasteiger partial charge in [0.15, 0.2) is 6.61 Å². The van der Waals surface area contributed by atoms with E-state index in [2.05, 4.69) is 10.5 Å². The van der Waals surface area contributed by atoms with Crippen molar-refractivity contribution < 1.29 is 24.0 Å². The number of rotatable bonds is 8. The number of nitrogens with zero attached hydrogens (tertiary/aromatic N) is 2. The van der Waals surface area contributed by atoms with Crippen LogP contribution < -0.4 is 14.9 Å². The highest BCUT2D eigenvalue weighted by molar-refractivity contribution is 6.30. The first-order valence-electron chi connectivity index (χ1n) is 9.18. The summed E-state index contributed by atoms with van der Waals surface area (Å²) in [6.45, 7) is -0.254. The summed E-state index contributed by atoms with van der Waals surface area (Å²) in [5.41, 5.74) is 2.76. The number of nitrogens with one attached hydrogen (secondary N) is 1. The molecule has 0 aliphatic rings. The number of non-ortho nitro benzene ring substituents is 1. The Hall–Kier alpha value is -4.24. The van der Waals surface area contributed by atoms with E-state index in [-0.39, 0.29) is 23.6 Å². The maximum atomic E-state index is 12.3. The van der Waals surface area contributed by atoms with E-state index in [0.717, 1.165) is 0 Å². The Morgan fingerprint density at radius 1 is 1.03 bits per heavy atom. The van der Waals surface area contributed by atoms with E-state index < -0.39 is 16.8 Å². The van der Waals surface area contributed by atoms with Gasteiger partial charge in [0.25, 0.3) is 11.6 Å². The number of hydrazone groups is 1. The lowest BCUT2D eigenvalue weighted by Crippen LogP contribution is -2.24. The molecule has 0 aromatic heterocycles. The molecule has 0 aliphatic heterocycles. The summed E-state index contributed by atoms with van der Waals surface area (Å²) in [7, 11) is 0. The molecule has 10 heteroatoms. The Balaban J connectivity index is 1.57. The molecule has 9 nitrogen and oxygen atoms in total. The minimum Gasteiger partial charge on any atom is -0.484 e. The van der Waals surface area contributed by atoms with Crippen molar-refractivity contribution in [2.75, 3.05) is 6.61 Å². The van der Waals surface area contributed by atoms with Gasteiger partial charge in [-0.25, -0.2) is 10.2 Å². The molecule has 32 heavy (non-hydrogen) atoms. The molecule has 0 aliphatic carbocycles. The van der Waals surface area contributed by atoms with Crippen LogP contribution in [0.25, 0.3) is 0 Å². The minimum absolute atomic E-state index is 0.134. The van der Waals surface area contributed by atoms with Crippen LogP contribution in [-0.2, 0) is 4.79 Å². The van der Waals surface area contributed by atoms with E-state index in [1.165, 1.54) is 30.5 Å². The number of hydrogen-bond acceptors (Lipinski definition) is 7. The molecule has 3 aromatic rings. The summed E-state index contributed by atoms with van der Waals surface area (Å²) in [5.74, 6) is -0.499. The lowest BCUT2D eigenvalue weighted by molar-refractivity contribution is -0.384. The van der Waals surface area contributed by atoms with Gasteiger partial charge < -0.3 is 9.47 Å². The summed E-state index contributed by atoms with van der Waals surface area (Å²) in [6.07, 6.45) is 1.32. The predicted molar refractivity (Wildman–Crippen MR) is 117 cm³/mol. The number of carbonyl (C=O) groups is 2. The van der Waals surface area contributed by atoms with E-state index in [1.807, 2.05) is 0 Å². The number of carbonyl (C=O) groups excluding carboxylic acids is 2. The maximum absolute atomic E-state index is 12.3. The second-order valence-corrected chi connectivity index (χ2v) is 6.70. The van der Waals surface area contributed by atoms with Crippen molar-refractivity contribution in [2.24, 2.45) is 5.10 Å². The number of benzene rings is 3. The van der Waals surface area contributed by atoms with Crippen molar-refractivity contribution in [2.45, 2.75) is 0 Å². The van der Waals surface area contributed by atoms with Crippen LogP contribution in [0.2, 0.25) is 5.02 Å².